The summed E-state index contributed by atoms with van der Waals surface area (Å²) < 4.78 is 5.44. The Labute approximate surface area is 210 Å². The summed E-state index contributed by atoms with van der Waals surface area (Å²) in [5.41, 5.74) is 1.46. The third-order valence-corrected chi connectivity index (χ3v) is 9.18. The number of fused-ring (bicyclic) bond motifs is 3. The van der Waals surface area contributed by atoms with E-state index in [1.807, 2.05) is 24.3 Å². The largest absolute Gasteiger partial charge is 0.496 e. The molecule has 1 heterocycles. The molecule has 1 aromatic carbocycles. The molecule has 2 bridgehead atoms. The number of nitrogens with one attached hydrogen (secondary N) is 3. The Morgan fingerprint density at radius 2 is 2.11 bits per heavy atom. The van der Waals surface area contributed by atoms with Crippen molar-refractivity contribution >= 4 is 23.8 Å². The minimum absolute atomic E-state index is 0.00859. The van der Waals surface area contributed by atoms with Gasteiger partial charge >= 0.3 is 0 Å². The number of methoxy groups -OCH3 is 1. The number of amides is 3. The molecule has 6 aliphatic rings. The number of hydrogen-bond donors (Lipinski definition) is 3. The van der Waals surface area contributed by atoms with Crippen LogP contribution in [0.1, 0.15) is 49.7 Å². The van der Waals surface area contributed by atoms with E-state index in [0.29, 0.717) is 37.3 Å². The highest BCUT2D eigenvalue weighted by atomic mass is 16.5. The van der Waals surface area contributed by atoms with Crippen molar-refractivity contribution in [1.29, 1.82) is 5.26 Å². The zero-order chi connectivity index (χ0) is 25.0. The van der Waals surface area contributed by atoms with E-state index in [2.05, 4.69) is 22.0 Å². The van der Waals surface area contributed by atoms with Crippen molar-refractivity contribution in [1.82, 2.24) is 16.0 Å². The molecule has 8 heteroatoms. The van der Waals surface area contributed by atoms with E-state index in [0.717, 1.165) is 42.6 Å². The van der Waals surface area contributed by atoms with Gasteiger partial charge in [0.2, 0.25) is 17.7 Å². The van der Waals surface area contributed by atoms with Crippen molar-refractivity contribution in [2.45, 2.75) is 56.5 Å². The molecule has 8 nitrogen and oxygen atoms in total. The summed E-state index contributed by atoms with van der Waals surface area (Å²) in [6.07, 6.45) is 7.29. The van der Waals surface area contributed by atoms with Crippen LogP contribution in [0.4, 0.5) is 0 Å². The Kier molecular flexibility index (Phi) is 5.55. The molecular weight excluding hydrogens is 456 g/mol. The van der Waals surface area contributed by atoms with Gasteiger partial charge in [-0.2, -0.15) is 5.26 Å². The first-order chi connectivity index (χ1) is 17.4. The van der Waals surface area contributed by atoms with Gasteiger partial charge in [-0.1, -0.05) is 25.0 Å². The Morgan fingerprint density at radius 1 is 1.28 bits per heavy atom. The van der Waals surface area contributed by atoms with E-state index in [1.54, 1.807) is 7.11 Å². The van der Waals surface area contributed by atoms with Crippen LogP contribution in [0.5, 0.6) is 5.75 Å². The van der Waals surface area contributed by atoms with E-state index in [9.17, 15) is 19.6 Å². The SMILES string of the molecule is COc1cccc2c1C=C(C(=O)N[C@@H](CC1CC1)C(=O)N[C@@]1(C#N)C[C@@H]3CC[C@H]1[C@H]1C(=O)NC[C@@H]31)C2. The molecule has 0 radical (unpaired) electrons. The minimum atomic E-state index is -1.06. The van der Waals surface area contributed by atoms with E-state index in [1.165, 1.54) is 0 Å². The van der Waals surface area contributed by atoms with Gasteiger partial charge in [-0.3, -0.25) is 14.4 Å². The van der Waals surface area contributed by atoms with Crippen molar-refractivity contribution in [3.8, 4) is 11.8 Å². The molecule has 7 rings (SSSR count). The summed E-state index contributed by atoms with van der Waals surface area (Å²) in [5, 5.41) is 19.3. The first kappa shape index (κ1) is 23.1. The Morgan fingerprint density at radius 3 is 2.86 bits per heavy atom. The Balaban J connectivity index is 1.20. The number of nitriles is 1. The van der Waals surface area contributed by atoms with Crippen LogP contribution < -0.4 is 20.7 Å². The summed E-state index contributed by atoms with van der Waals surface area (Å²) in [4.78, 5) is 39.5. The van der Waals surface area contributed by atoms with Gasteiger partial charge in [-0.25, -0.2) is 0 Å². The van der Waals surface area contributed by atoms with Crippen molar-refractivity contribution in [2.75, 3.05) is 13.7 Å². The van der Waals surface area contributed by atoms with Gasteiger partial charge in [0.25, 0.3) is 0 Å². The van der Waals surface area contributed by atoms with Crippen LogP contribution in [-0.4, -0.2) is 43.0 Å². The van der Waals surface area contributed by atoms with Crippen LogP contribution in [0.2, 0.25) is 0 Å². The van der Waals surface area contributed by atoms with Crippen LogP contribution in [0.3, 0.4) is 0 Å². The zero-order valence-corrected chi connectivity index (χ0v) is 20.5. The molecule has 1 aromatic rings. The minimum Gasteiger partial charge on any atom is -0.496 e. The van der Waals surface area contributed by atoms with E-state index in [-0.39, 0.29) is 41.4 Å². The summed E-state index contributed by atoms with van der Waals surface area (Å²) in [7, 11) is 1.61. The lowest BCUT2D eigenvalue weighted by Crippen LogP contribution is -2.65. The smallest absolute Gasteiger partial charge is 0.248 e. The fourth-order valence-electron chi connectivity index (χ4n) is 7.20. The highest BCUT2D eigenvalue weighted by molar-refractivity contribution is 6.03. The second kappa shape index (κ2) is 8.65. The van der Waals surface area contributed by atoms with Gasteiger partial charge in [0.15, 0.2) is 0 Å². The third kappa shape index (κ3) is 3.76. The van der Waals surface area contributed by atoms with Crippen LogP contribution in [0.25, 0.3) is 6.08 Å². The highest BCUT2D eigenvalue weighted by Crippen LogP contribution is 2.55. The molecule has 0 aromatic heterocycles. The van der Waals surface area contributed by atoms with Crippen molar-refractivity contribution in [3.05, 3.63) is 34.9 Å². The quantitative estimate of drug-likeness (QED) is 0.543. The summed E-state index contributed by atoms with van der Waals surface area (Å²) in [6, 6.07) is 7.46. The normalized spacial score (nSPS) is 32.4. The van der Waals surface area contributed by atoms with E-state index in [4.69, 9.17) is 4.74 Å². The number of ether oxygens (including phenoxy) is 1. The molecule has 3 amide bonds. The molecule has 5 fully saturated rings. The molecule has 0 unspecified atom stereocenters. The Bertz CT molecular complexity index is 1200. The molecule has 36 heavy (non-hydrogen) atoms. The van der Waals surface area contributed by atoms with Crippen molar-refractivity contribution < 1.29 is 19.1 Å². The van der Waals surface area contributed by atoms with E-state index < -0.39 is 11.6 Å². The zero-order valence-electron chi connectivity index (χ0n) is 20.5. The first-order valence-corrected chi connectivity index (χ1v) is 13.1. The maximum Gasteiger partial charge on any atom is 0.248 e. The summed E-state index contributed by atoms with van der Waals surface area (Å²) in [6.45, 7) is 0.669. The highest BCUT2D eigenvalue weighted by Gasteiger charge is 2.61. The molecule has 188 valence electrons. The third-order valence-electron chi connectivity index (χ3n) is 9.18. The molecule has 1 saturated heterocycles. The summed E-state index contributed by atoms with van der Waals surface area (Å²) >= 11 is 0. The molecular formula is C28H32N4O4. The van der Waals surface area contributed by atoms with Crippen molar-refractivity contribution in [3.63, 3.8) is 0 Å². The topological polar surface area (TPSA) is 120 Å². The van der Waals surface area contributed by atoms with Crippen LogP contribution in [-0.2, 0) is 20.8 Å². The van der Waals surface area contributed by atoms with Gasteiger partial charge < -0.3 is 20.7 Å². The summed E-state index contributed by atoms with van der Waals surface area (Å²) in [5.74, 6) is 0.647. The van der Waals surface area contributed by atoms with Gasteiger partial charge in [-0.15, -0.1) is 0 Å². The second-order valence-corrected chi connectivity index (χ2v) is 11.2. The second-order valence-electron chi connectivity index (χ2n) is 11.2. The number of rotatable bonds is 7. The fraction of sp³-hybridized carbons (Fsp3) is 0.571. The van der Waals surface area contributed by atoms with Gasteiger partial charge in [0.1, 0.15) is 17.3 Å². The fourth-order valence-corrected chi connectivity index (χ4v) is 7.20. The average molecular weight is 489 g/mol. The number of hydrogen-bond acceptors (Lipinski definition) is 5. The van der Waals surface area contributed by atoms with Crippen molar-refractivity contribution in [2.24, 2.45) is 29.6 Å². The molecule has 6 atom stereocenters. The van der Waals surface area contributed by atoms with Crippen LogP contribution in [0.15, 0.2) is 23.8 Å². The van der Waals surface area contributed by atoms with Gasteiger partial charge in [0.05, 0.1) is 13.2 Å². The van der Waals surface area contributed by atoms with Crippen LogP contribution in [0, 0.1) is 40.9 Å². The van der Waals surface area contributed by atoms with Crippen LogP contribution >= 0.6 is 0 Å². The predicted octanol–water partition coefficient (Wildman–Crippen LogP) is 2.09. The number of carbonyl (C=O) groups is 3. The lowest BCUT2D eigenvalue weighted by Gasteiger charge is -2.53. The number of nitrogens with zero attached hydrogens (tertiary/aromatic N) is 1. The molecule has 4 saturated carbocycles. The number of benzene rings is 1. The number of carbonyl (C=O) groups excluding carboxylic acids is 3. The Hall–Kier alpha value is -3.34. The predicted molar refractivity (Wildman–Crippen MR) is 131 cm³/mol. The van der Waals surface area contributed by atoms with Gasteiger partial charge in [0, 0.05) is 35.9 Å². The average Bonchev–Trinajstić information content (AvgIpc) is 3.44. The lowest BCUT2D eigenvalue weighted by molar-refractivity contribution is -0.136. The lowest BCUT2D eigenvalue weighted by atomic mass is 9.52. The maximum absolute atomic E-state index is 13.6. The molecule has 0 spiro atoms. The first-order valence-electron chi connectivity index (χ1n) is 13.1. The molecule has 1 aliphatic heterocycles. The maximum atomic E-state index is 13.6. The molecule has 5 aliphatic carbocycles. The molecule has 3 N–H and O–H groups in total. The van der Waals surface area contributed by atoms with Gasteiger partial charge in [-0.05, 0) is 61.1 Å². The van der Waals surface area contributed by atoms with E-state index >= 15 is 0 Å². The monoisotopic (exact) mass is 488 g/mol. The standard InChI is InChI=1S/C28H32N4O4/c1-36-23-4-2-3-16-10-18(11-19(16)23)25(33)31-22(9-15-5-6-15)26(34)32-28(14-29)12-17-7-8-21(28)24-20(17)13-30-27(24)35/h2-4,11,15,17,20-22,24H,5-10,12-13H2,1H3,(H,30,35)(H,31,33)(H,32,34)/t17-,20-,21-,22-,24-,28+/m0/s1.